The molecule has 1 aromatic carbocycles. The molecule has 0 heterocycles. The number of hydrogen-bond acceptors (Lipinski definition) is 3. The van der Waals surface area contributed by atoms with Crippen LogP contribution in [0.4, 0.5) is 0 Å². The maximum absolute atomic E-state index is 11.1. The maximum atomic E-state index is 11.1. The molecule has 0 radical (unpaired) electrons. The zero-order chi connectivity index (χ0) is 12.7. The summed E-state index contributed by atoms with van der Waals surface area (Å²) >= 11 is 0. The normalized spacial score (nSPS) is 10.1. The van der Waals surface area contributed by atoms with Gasteiger partial charge in [-0.1, -0.05) is 19.8 Å². The summed E-state index contributed by atoms with van der Waals surface area (Å²) in [6.07, 6.45) is 5.15. The van der Waals surface area contributed by atoms with Gasteiger partial charge in [-0.2, -0.15) is 0 Å². The molecule has 3 heteroatoms. The van der Waals surface area contributed by atoms with Gasteiger partial charge >= 0.3 is 0 Å². The molecule has 0 N–H and O–H groups in total. The van der Waals surface area contributed by atoms with E-state index in [-0.39, 0.29) is 0 Å². The van der Waals surface area contributed by atoms with E-state index in [4.69, 9.17) is 9.47 Å². The Hall–Kier alpha value is -1.51. The molecule has 0 saturated heterocycles. The highest BCUT2D eigenvalue weighted by molar-refractivity contribution is 5.82. The number of hydrogen-bond donors (Lipinski definition) is 0. The van der Waals surface area contributed by atoms with E-state index >= 15 is 0 Å². The predicted molar refractivity (Wildman–Crippen MR) is 68.2 cm³/mol. The molecule has 94 valence electrons. The average Bonchev–Trinajstić information content (AvgIpc) is 2.37. The number of methoxy groups -OCH3 is 2. The number of carbonyl (C=O) groups is 1. The molecule has 0 spiro atoms. The van der Waals surface area contributed by atoms with Crippen molar-refractivity contribution in [3.05, 3.63) is 23.3 Å². The van der Waals surface area contributed by atoms with Gasteiger partial charge in [0.15, 0.2) is 6.29 Å². The molecule has 0 aliphatic rings. The Morgan fingerprint density at radius 3 is 2.47 bits per heavy atom. The first-order chi connectivity index (χ1) is 8.26. The van der Waals surface area contributed by atoms with E-state index in [9.17, 15) is 4.79 Å². The van der Waals surface area contributed by atoms with Crippen molar-refractivity contribution in [1.29, 1.82) is 0 Å². The first-order valence-electron chi connectivity index (χ1n) is 5.96. The third kappa shape index (κ3) is 3.48. The fraction of sp³-hybridized carbons (Fsp3) is 0.500. The molecule has 0 unspecified atom stereocenters. The smallest absolute Gasteiger partial charge is 0.154 e. The van der Waals surface area contributed by atoms with Crippen LogP contribution in [0.3, 0.4) is 0 Å². The number of carbonyl (C=O) groups excluding carboxylic acids is 1. The molecule has 0 aliphatic heterocycles. The Morgan fingerprint density at radius 1 is 1.18 bits per heavy atom. The third-order valence-electron chi connectivity index (χ3n) is 2.82. The van der Waals surface area contributed by atoms with Gasteiger partial charge < -0.3 is 9.47 Å². The number of aldehydes is 1. The molecule has 0 aromatic heterocycles. The summed E-state index contributed by atoms with van der Waals surface area (Å²) in [6.45, 7) is 2.16. The zero-order valence-electron chi connectivity index (χ0n) is 10.8. The van der Waals surface area contributed by atoms with Crippen LogP contribution in [0.5, 0.6) is 11.5 Å². The van der Waals surface area contributed by atoms with Gasteiger partial charge in [0.05, 0.1) is 19.8 Å². The van der Waals surface area contributed by atoms with Crippen molar-refractivity contribution in [2.75, 3.05) is 14.2 Å². The van der Waals surface area contributed by atoms with Crippen LogP contribution in [-0.4, -0.2) is 20.5 Å². The molecule has 0 amide bonds. The lowest BCUT2D eigenvalue weighted by Gasteiger charge is -2.12. The number of aryl methyl sites for hydroxylation is 1. The largest absolute Gasteiger partial charge is 0.497 e. The highest BCUT2D eigenvalue weighted by Gasteiger charge is 2.11. The van der Waals surface area contributed by atoms with E-state index in [1.54, 1.807) is 20.3 Å². The fourth-order valence-electron chi connectivity index (χ4n) is 1.85. The summed E-state index contributed by atoms with van der Waals surface area (Å²) in [7, 11) is 3.18. The molecule has 0 aliphatic carbocycles. The Kier molecular flexibility index (Phi) is 5.53. The van der Waals surface area contributed by atoms with Gasteiger partial charge in [-0.3, -0.25) is 4.79 Å². The van der Waals surface area contributed by atoms with Crippen molar-refractivity contribution < 1.29 is 14.3 Å². The minimum atomic E-state index is 0.589. The predicted octanol–water partition coefficient (Wildman–Crippen LogP) is 3.25. The van der Waals surface area contributed by atoms with E-state index in [1.807, 2.05) is 6.07 Å². The van der Waals surface area contributed by atoms with Gasteiger partial charge in [-0.05, 0) is 24.5 Å². The van der Waals surface area contributed by atoms with Crippen LogP contribution in [0.1, 0.15) is 42.1 Å². The van der Waals surface area contributed by atoms with Crippen molar-refractivity contribution in [1.82, 2.24) is 0 Å². The van der Waals surface area contributed by atoms with E-state index in [2.05, 4.69) is 6.92 Å². The molecule has 0 fully saturated rings. The van der Waals surface area contributed by atoms with Crippen molar-refractivity contribution in [3.8, 4) is 11.5 Å². The fourth-order valence-corrected chi connectivity index (χ4v) is 1.85. The molecule has 1 rings (SSSR count). The summed E-state index contributed by atoms with van der Waals surface area (Å²) in [6, 6.07) is 3.66. The molecular weight excluding hydrogens is 216 g/mol. The minimum Gasteiger partial charge on any atom is -0.497 e. The Morgan fingerprint density at radius 2 is 1.94 bits per heavy atom. The lowest BCUT2D eigenvalue weighted by Crippen LogP contribution is -1.99. The van der Waals surface area contributed by atoms with E-state index < -0.39 is 0 Å². The van der Waals surface area contributed by atoms with Gasteiger partial charge in [0.2, 0.25) is 0 Å². The molecule has 1 aromatic rings. The topological polar surface area (TPSA) is 35.5 Å². The molecular formula is C14H20O3. The van der Waals surface area contributed by atoms with Gasteiger partial charge in [0.25, 0.3) is 0 Å². The van der Waals surface area contributed by atoms with Crippen LogP contribution in [0.15, 0.2) is 12.1 Å². The maximum Gasteiger partial charge on any atom is 0.154 e. The summed E-state index contributed by atoms with van der Waals surface area (Å²) in [5.41, 5.74) is 1.65. The Labute approximate surface area is 103 Å². The van der Waals surface area contributed by atoms with Crippen molar-refractivity contribution >= 4 is 6.29 Å². The summed E-state index contributed by atoms with van der Waals surface area (Å²) in [4.78, 5) is 11.1. The van der Waals surface area contributed by atoms with Gasteiger partial charge in [0, 0.05) is 6.07 Å². The van der Waals surface area contributed by atoms with Crippen LogP contribution >= 0.6 is 0 Å². The molecule has 0 atom stereocenters. The van der Waals surface area contributed by atoms with Gasteiger partial charge in [-0.15, -0.1) is 0 Å². The number of ether oxygens (including phenoxy) is 2. The minimum absolute atomic E-state index is 0.589. The molecule has 0 saturated carbocycles. The highest BCUT2D eigenvalue weighted by atomic mass is 16.5. The lowest BCUT2D eigenvalue weighted by molar-refractivity contribution is 0.111. The second kappa shape index (κ2) is 6.94. The average molecular weight is 236 g/mol. The van der Waals surface area contributed by atoms with Crippen LogP contribution in [0.25, 0.3) is 0 Å². The number of benzene rings is 1. The summed E-state index contributed by atoms with van der Waals surface area (Å²) in [5.74, 6) is 1.32. The molecule has 0 bridgehead atoms. The van der Waals surface area contributed by atoms with Crippen molar-refractivity contribution in [2.24, 2.45) is 0 Å². The monoisotopic (exact) mass is 236 g/mol. The quantitative estimate of drug-likeness (QED) is 0.538. The second-order valence-electron chi connectivity index (χ2n) is 3.98. The van der Waals surface area contributed by atoms with E-state index in [1.165, 1.54) is 0 Å². The number of rotatable bonds is 7. The van der Waals surface area contributed by atoms with Crippen molar-refractivity contribution in [2.45, 2.75) is 32.6 Å². The molecule has 3 nitrogen and oxygen atoms in total. The van der Waals surface area contributed by atoms with Crippen LogP contribution in [-0.2, 0) is 6.42 Å². The standard InChI is InChI=1S/C14H20O3/c1-4-5-6-7-11-8-12(16-2)9-14(17-3)13(11)10-15/h8-10H,4-7H2,1-3H3. The summed E-state index contributed by atoms with van der Waals surface area (Å²) < 4.78 is 10.4. The van der Waals surface area contributed by atoms with Crippen LogP contribution < -0.4 is 9.47 Å². The Balaban J connectivity index is 3.01. The second-order valence-corrected chi connectivity index (χ2v) is 3.98. The van der Waals surface area contributed by atoms with Gasteiger partial charge in [0.1, 0.15) is 11.5 Å². The summed E-state index contributed by atoms with van der Waals surface area (Å²) in [5, 5.41) is 0. The first kappa shape index (κ1) is 13.6. The van der Waals surface area contributed by atoms with E-state index in [0.29, 0.717) is 11.3 Å². The highest BCUT2D eigenvalue weighted by Crippen LogP contribution is 2.28. The van der Waals surface area contributed by atoms with Gasteiger partial charge in [-0.25, -0.2) is 0 Å². The third-order valence-corrected chi connectivity index (χ3v) is 2.82. The zero-order valence-corrected chi connectivity index (χ0v) is 10.8. The first-order valence-corrected chi connectivity index (χ1v) is 5.96. The molecule has 17 heavy (non-hydrogen) atoms. The lowest BCUT2D eigenvalue weighted by atomic mass is 10.0. The van der Waals surface area contributed by atoms with Crippen LogP contribution in [0, 0.1) is 0 Å². The van der Waals surface area contributed by atoms with Crippen molar-refractivity contribution in [3.63, 3.8) is 0 Å². The SMILES string of the molecule is CCCCCc1cc(OC)cc(OC)c1C=O. The number of unbranched alkanes of at least 4 members (excludes halogenated alkanes) is 2. The Bertz CT molecular complexity index is 372. The van der Waals surface area contributed by atoms with Crippen LogP contribution in [0.2, 0.25) is 0 Å². The van der Waals surface area contributed by atoms with E-state index in [0.717, 1.165) is 43.3 Å².